The van der Waals surface area contributed by atoms with Gasteiger partial charge in [-0.2, -0.15) is 0 Å². The number of nitrogens with two attached hydrogens (primary N) is 1. The first kappa shape index (κ1) is 12.8. The normalized spacial score (nSPS) is 10.6. The minimum atomic E-state index is -2.68. The van der Waals surface area contributed by atoms with Gasteiger partial charge in [0.25, 0.3) is 6.43 Å². The van der Waals surface area contributed by atoms with Crippen molar-refractivity contribution in [2.45, 2.75) is 12.8 Å². The predicted octanol–water partition coefficient (Wildman–Crippen LogP) is 2.08. The van der Waals surface area contributed by atoms with Crippen LogP contribution in [0.2, 0.25) is 0 Å². The molecular formula is C9H9BrF2N2O2. The lowest BCUT2D eigenvalue weighted by atomic mass is 10.1. The Morgan fingerprint density at radius 2 is 2.31 bits per heavy atom. The highest BCUT2D eigenvalue weighted by molar-refractivity contribution is 9.10. The zero-order chi connectivity index (χ0) is 12.3. The second-order valence-electron chi connectivity index (χ2n) is 2.97. The Kier molecular flexibility index (Phi) is 4.17. The molecule has 1 aromatic heterocycles. The van der Waals surface area contributed by atoms with Crippen molar-refractivity contribution in [1.29, 1.82) is 0 Å². The fourth-order valence-electron chi connectivity index (χ4n) is 1.09. The Bertz CT molecular complexity index is 413. The van der Waals surface area contributed by atoms with Crippen molar-refractivity contribution in [2.24, 2.45) is 0 Å². The second kappa shape index (κ2) is 5.20. The average molecular weight is 295 g/mol. The first-order chi connectivity index (χ1) is 7.45. The third-order valence-electron chi connectivity index (χ3n) is 1.91. The number of methoxy groups -OCH3 is 1. The van der Waals surface area contributed by atoms with Gasteiger partial charge in [0, 0.05) is 5.56 Å². The van der Waals surface area contributed by atoms with Crippen LogP contribution in [0.5, 0.6) is 0 Å². The third-order valence-corrected chi connectivity index (χ3v) is 2.55. The van der Waals surface area contributed by atoms with Crippen molar-refractivity contribution in [3.05, 3.63) is 21.8 Å². The lowest BCUT2D eigenvalue weighted by Gasteiger charge is -2.08. The topological polar surface area (TPSA) is 65.2 Å². The summed E-state index contributed by atoms with van der Waals surface area (Å²) in [5.41, 5.74) is 5.43. The van der Waals surface area contributed by atoms with Gasteiger partial charge in [-0.15, -0.1) is 0 Å². The zero-order valence-corrected chi connectivity index (χ0v) is 9.92. The van der Waals surface area contributed by atoms with E-state index in [2.05, 4.69) is 25.7 Å². The molecule has 0 aliphatic carbocycles. The van der Waals surface area contributed by atoms with E-state index in [9.17, 15) is 13.6 Å². The van der Waals surface area contributed by atoms with E-state index >= 15 is 0 Å². The van der Waals surface area contributed by atoms with Gasteiger partial charge in [0.15, 0.2) is 0 Å². The molecule has 0 spiro atoms. The highest BCUT2D eigenvalue weighted by atomic mass is 79.9. The molecule has 0 unspecified atom stereocenters. The molecule has 0 fully saturated rings. The largest absolute Gasteiger partial charge is 0.469 e. The van der Waals surface area contributed by atoms with E-state index in [1.807, 2.05) is 0 Å². The quantitative estimate of drug-likeness (QED) is 0.685. The lowest BCUT2D eigenvalue weighted by molar-refractivity contribution is -0.139. The van der Waals surface area contributed by atoms with E-state index < -0.39 is 12.4 Å². The van der Waals surface area contributed by atoms with Crippen molar-refractivity contribution in [3.63, 3.8) is 0 Å². The summed E-state index contributed by atoms with van der Waals surface area (Å²) in [5.74, 6) is -0.530. The van der Waals surface area contributed by atoms with Gasteiger partial charge in [0.1, 0.15) is 10.4 Å². The van der Waals surface area contributed by atoms with E-state index in [0.717, 1.165) is 6.07 Å². The molecule has 4 nitrogen and oxygen atoms in total. The summed E-state index contributed by atoms with van der Waals surface area (Å²) in [6.45, 7) is 0. The maximum Gasteiger partial charge on any atom is 0.310 e. The summed E-state index contributed by atoms with van der Waals surface area (Å²) in [6.07, 6.45) is -2.86. The Balaban J connectivity index is 3.09. The molecule has 0 radical (unpaired) electrons. The molecule has 1 aromatic rings. The SMILES string of the molecule is COC(=O)Cc1cc(C(F)F)c(Br)nc1N. The van der Waals surface area contributed by atoms with Gasteiger partial charge in [-0.25, -0.2) is 13.8 Å². The Hall–Kier alpha value is -1.24. The number of rotatable bonds is 3. The van der Waals surface area contributed by atoms with Crippen LogP contribution in [0.3, 0.4) is 0 Å². The lowest BCUT2D eigenvalue weighted by Crippen LogP contribution is -2.09. The number of ether oxygens (including phenoxy) is 1. The summed E-state index contributed by atoms with van der Waals surface area (Å²) in [5, 5.41) is 0. The van der Waals surface area contributed by atoms with E-state index in [0.29, 0.717) is 0 Å². The standard InChI is InChI=1S/C9H9BrF2N2O2/c1-16-6(15)3-4-2-5(8(11)12)7(10)14-9(4)13/h2,8H,3H2,1H3,(H2,13,14). The minimum Gasteiger partial charge on any atom is -0.469 e. The summed E-state index contributed by atoms with van der Waals surface area (Å²) in [7, 11) is 1.21. The number of carbonyl (C=O) groups excluding carboxylic acids is 1. The van der Waals surface area contributed by atoms with Gasteiger partial charge >= 0.3 is 5.97 Å². The smallest absolute Gasteiger partial charge is 0.310 e. The van der Waals surface area contributed by atoms with Crippen LogP contribution in [0.25, 0.3) is 0 Å². The number of nitrogen functional groups attached to an aromatic ring is 1. The van der Waals surface area contributed by atoms with Crippen molar-refractivity contribution < 1.29 is 18.3 Å². The number of carbonyl (C=O) groups is 1. The third kappa shape index (κ3) is 2.88. The number of halogens is 3. The van der Waals surface area contributed by atoms with Gasteiger partial charge in [-0.3, -0.25) is 4.79 Å². The van der Waals surface area contributed by atoms with Crippen LogP contribution in [0, 0.1) is 0 Å². The summed E-state index contributed by atoms with van der Waals surface area (Å²) >= 11 is 2.88. The van der Waals surface area contributed by atoms with Gasteiger partial charge in [-0.1, -0.05) is 0 Å². The molecule has 0 bridgehead atoms. The molecule has 16 heavy (non-hydrogen) atoms. The fourth-order valence-corrected chi connectivity index (χ4v) is 1.56. The molecule has 0 aliphatic rings. The Morgan fingerprint density at radius 3 is 2.81 bits per heavy atom. The molecule has 0 saturated carbocycles. The number of aromatic nitrogens is 1. The summed E-state index contributed by atoms with van der Waals surface area (Å²) < 4.78 is 29.5. The van der Waals surface area contributed by atoms with Crippen LogP contribution < -0.4 is 5.73 Å². The van der Waals surface area contributed by atoms with Crippen LogP contribution in [0.1, 0.15) is 17.6 Å². The van der Waals surface area contributed by atoms with E-state index in [1.54, 1.807) is 0 Å². The maximum atomic E-state index is 12.5. The number of anilines is 1. The minimum absolute atomic E-state index is 0.0198. The number of pyridine rings is 1. The second-order valence-corrected chi connectivity index (χ2v) is 3.72. The fraction of sp³-hybridized carbons (Fsp3) is 0.333. The van der Waals surface area contributed by atoms with Crippen molar-refractivity contribution in [1.82, 2.24) is 4.98 Å². The number of alkyl halides is 2. The van der Waals surface area contributed by atoms with Crippen molar-refractivity contribution >= 4 is 27.7 Å². The number of esters is 1. The molecule has 0 atom stereocenters. The van der Waals surface area contributed by atoms with Gasteiger partial charge in [0.2, 0.25) is 0 Å². The molecule has 0 amide bonds. The van der Waals surface area contributed by atoms with Crippen molar-refractivity contribution in [2.75, 3.05) is 12.8 Å². The molecule has 1 rings (SSSR count). The molecule has 1 heterocycles. The van der Waals surface area contributed by atoms with E-state index in [-0.39, 0.29) is 28.0 Å². The van der Waals surface area contributed by atoms with Crippen LogP contribution in [0.4, 0.5) is 14.6 Å². The van der Waals surface area contributed by atoms with Crippen LogP contribution in [0.15, 0.2) is 10.7 Å². The summed E-state index contributed by atoms with van der Waals surface area (Å²) in [6, 6.07) is 1.15. The molecule has 0 aliphatic heterocycles. The van der Waals surface area contributed by atoms with Crippen LogP contribution in [-0.4, -0.2) is 18.1 Å². The van der Waals surface area contributed by atoms with E-state index in [4.69, 9.17) is 5.73 Å². The Morgan fingerprint density at radius 1 is 1.69 bits per heavy atom. The number of hydrogen-bond acceptors (Lipinski definition) is 4. The number of nitrogens with zero attached hydrogens (tertiary/aromatic N) is 1. The molecule has 0 aromatic carbocycles. The molecule has 0 saturated heterocycles. The predicted molar refractivity (Wildman–Crippen MR) is 57.0 cm³/mol. The maximum absolute atomic E-state index is 12.5. The monoisotopic (exact) mass is 294 g/mol. The van der Waals surface area contributed by atoms with Gasteiger partial charge in [0.05, 0.1) is 19.1 Å². The van der Waals surface area contributed by atoms with E-state index in [1.165, 1.54) is 7.11 Å². The first-order valence-electron chi connectivity index (χ1n) is 4.25. The van der Waals surface area contributed by atoms with Gasteiger partial charge in [-0.05, 0) is 22.0 Å². The highest BCUT2D eigenvalue weighted by Crippen LogP contribution is 2.28. The first-order valence-corrected chi connectivity index (χ1v) is 5.04. The van der Waals surface area contributed by atoms with Crippen LogP contribution in [-0.2, 0) is 16.0 Å². The molecular weight excluding hydrogens is 286 g/mol. The summed E-state index contributed by atoms with van der Waals surface area (Å²) in [4.78, 5) is 14.7. The highest BCUT2D eigenvalue weighted by Gasteiger charge is 2.17. The zero-order valence-electron chi connectivity index (χ0n) is 8.34. The molecule has 7 heteroatoms. The van der Waals surface area contributed by atoms with Gasteiger partial charge < -0.3 is 10.5 Å². The van der Waals surface area contributed by atoms with Crippen molar-refractivity contribution in [3.8, 4) is 0 Å². The number of hydrogen-bond donors (Lipinski definition) is 1. The molecule has 2 N–H and O–H groups in total. The Labute approximate surface area is 98.9 Å². The van der Waals surface area contributed by atoms with Crippen LogP contribution >= 0.6 is 15.9 Å². The average Bonchev–Trinajstić information content (AvgIpc) is 2.21. The molecule has 88 valence electrons.